The number of amides is 2. The molecule has 0 aromatic heterocycles. The first-order valence-electron chi connectivity index (χ1n) is 5.97. The maximum absolute atomic E-state index is 12.8. The van der Waals surface area contributed by atoms with Crippen LogP contribution in [0, 0.1) is 0 Å². The zero-order valence-electron chi connectivity index (χ0n) is 12.2. The number of hydrogen-bond donors (Lipinski definition) is 2. The molecule has 0 unspecified atom stereocenters. The fraction of sp³-hybridized carbons (Fsp3) is 0.750. The molecular formula is C8H10F4N2O10S2-2. The van der Waals surface area contributed by atoms with Crippen molar-refractivity contribution in [3.05, 3.63) is 0 Å². The number of hydrogen-bond acceptors (Lipinski definition) is 11. The molecule has 0 aliphatic heterocycles. The van der Waals surface area contributed by atoms with E-state index in [0.717, 1.165) is 0 Å². The summed E-state index contributed by atoms with van der Waals surface area (Å²) in [4.78, 5) is 22.0. The SMILES string of the molecule is O=C(NCCNC(=O)OCC(F)(F)S(=O)(=O)[O-])OCC(F)(F)SOO[O-]. The molecule has 2 amide bonds. The van der Waals surface area contributed by atoms with Gasteiger partial charge in [0, 0.05) is 13.1 Å². The van der Waals surface area contributed by atoms with E-state index in [4.69, 9.17) is 0 Å². The summed E-state index contributed by atoms with van der Waals surface area (Å²) in [6, 6.07) is 0. The number of alkyl halides is 4. The average Bonchev–Trinajstić information content (AvgIpc) is 2.52. The summed E-state index contributed by atoms with van der Waals surface area (Å²) >= 11 is -0.711. The first-order valence-corrected chi connectivity index (χ1v) is 8.12. The van der Waals surface area contributed by atoms with Gasteiger partial charge in [-0.3, -0.25) is 5.04 Å². The third-order valence-electron chi connectivity index (χ3n) is 1.96. The molecule has 0 atom stereocenters. The molecule has 0 saturated carbocycles. The van der Waals surface area contributed by atoms with Crippen molar-refractivity contribution in [2.75, 3.05) is 26.3 Å². The van der Waals surface area contributed by atoms with Crippen LogP contribution in [0.15, 0.2) is 0 Å². The quantitative estimate of drug-likeness (QED) is 0.102. The van der Waals surface area contributed by atoms with E-state index in [2.05, 4.69) is 18.8 Å². The Morgan fingerprint density at radius 3 is 1.88 bits per heavy atom. The van der Waals surface area contributed by atoms with Gasteiger partial charge in [0.05, 0.1) is 0 Å². The molecule has 0 aliphatic rings. The van der Waals surface area contributed by atoms with E-state index >= 15 is 0 Å². The summed E-state index contributed by atoms with van der Waals surface area (Å²) in [5.74, 6) is 0. The van der Waals surface area contributed by atoms with E-state index in [0.29, 0.717) is 0 Å². The monoisotopic (exact) mass is 434 g/mol. The first kappa shape index (κ1) is 24.4. The maximum Gasteiger partial charge on any atom is 0.407 e. The van der Waals surface area contributed by atoms with Crippen molar-refractivity contribution in [2.24, 2.45) is 0 Å². The Morgan fingerprint density at radius 2 is 1.46 bits per heavy atom. The minimum atomic E-state index is -6.02. The summed E-state index contributed by atoms with van der Waals surface area (Å²) in [5.41, 5.74) is 0. The van der Waals surface area contributed by atoms with E-state index in [-0.39, 0.29) is 0 Å². The number of carbonyl (C=O) groups is 2. The van der Waals surface area contributed by atoms with Gasteiger partial charge in [0.15, 0.2) is 23.3 Å². The van der Waals surface area contributed by atoms with Crippen LogP contribution in [-0.2, 0) is 29.0 Å². The van der Waals surface area contributed by atoms with Crippen LogP contribution in [0.3, 0.4) is 0 Å². The number of carbonyl (C=O) groups excluding carboxylic acids is 2. The topological polar surface area (TPSA) is 175 Å². The predicted molar refractivity (Wildman–Crippen MR) is 68.1 cm³/mol. The first-order chi connectivity index (χ1) is 11.8. The van der Waals surface area contributed by atoms with Crippen LogP contribution in [0.25, 0.3) is 0 Å². The third kappa shape index (κ3) is 10.4. The molecular weight excluding hydrogens is 424 g/mol. The Bertz CT molecular complexity index is 575. The lowest BCUT2D eigenvalue weighted by Gasteiger charge is -2.19. The van der Waals surface area contributed by atoms with Crippen molar-refractivity contribution in [3.63, 3.8) is 0 Å². The van der Waals surface area contributed by atoms with E-state index in [1.54, 1.807) is 5.32 Å². The lowest BCUT2D eigenvalue weighted by molar-refractivity contribution is -0.777. The molecule has 0 radical (unpaired) electrons. The van der Waals surface area contributed by atoms with Crippen LogP contribution in [0.1, 0.15) is 0 Å². The molecule has 0 spiro atoms. The Morgan fingerprint density at radius 1 is 1.00 bits per heavy atom. The van der Waals surface area contributed by atoms with E-state index in [1.807, 2.05) is 5.32 Å². The number of halogens is 4. The van der Waals surface area contributed by atoms with Crippen LogP contribution in [0.2, 0.25) is 0 Å². The molecule has 0 saturated heterocycles. The molecule has 18 heteroatoms. The summed E-state index contributed by atoms with van der Waals surface area (Å²) in [6.45, 7) is -4.41. The van der Waals surface area contributed by atoms with Gasteiger partial charge in [-0.25, -0.2) is 18.0 Å². The van der Waals surface area contributed by atoms with Gasteiger partial charge < -0.3 is 29.9 Å². The molecule has 0 bridgehead atoms. The van der Waals surface area contributed by atoms with Crippen molar-refractivity contribution >= 4 is 34.3 Å². The fourth-order valence-corrected chi connectivity index (χ4v) is 1.33. The molecule has 26 heavy (non-hydrogen) atoms. The number of alkyl carbamates (subject to hydrolysis) is 2. The molecule has 0 aliphatic carbocycles. The van der Waals surface area contributed by atoms with Gasteiger partial charge in [0.25, 0.3) is 0 Å². The lowest BCUT2D eigenvalue weighted by Crippen LogP contribution is -2.39. The van der Waals surface area contributed by atoms with Crippen LogP contribution in [0.5, 0.6) is 0 Å². The summed E-state index contributed by atoms with van der Waals surface area (Å²) in [5, 5.41) is 7.06. The fourth-order valence-electron chi connectivity index (χ4n) is 0.890. The zero-order chi connectivity index (χ0) is 20.4. The van der Waals surface area contributed by atoms with Crippen molar-refractivity contribution in [3.8, 4) is 0 Å². The summed E-state index contributed by atoms with van der Waals surface area (Å²) in [7, 11) is -6.02. The minimum Gasteiger partial charge on any atom is -0.743 e. The van der Waals surface area contributed by atoms with Crippen LogP contribution in [-0.4, -0.2) is 62.0 Å². The van der Waals surface area contributed by atoms with Crippen molar-refractivity contribution in [1.29, 1.82) is 0 Å². The molecule has 0 heterocycles. The largest absolute Gasteiger partial charge is 0.743 e. The lowest BCUT2D eigenvalue weighted by atomic mass is 10.6. The highest BCUT2D eigenvalue weighted by Gasteiger charge is 2.39. The Kier molecular flexibility index (Phi) is 9.88. The van der Waals surface area contributed by atoms with Gasteiger partial charge >= 0.3 is 22.7 Å². The Hall–Kier alpha value is -1.60. The number of nitrogens with one attached hydrogen (secondary N) is 2. The zero-order valence-corrected chi connectivity index (χ0v) is 13.9. The van der Waals surface area contributed by atoms with Crippen LogP contribution < -0.4 is 15.9 Å². The van der Waals surface area contributed by atoms with Gasteiger partial charge in [-0.2, -0.15) is 21.9 Å². The van der Waals surface area contributed by atoms with Crippen LogP contribution in [0.4, 0.5) is 27.2 Å². The van der Waals surface area contributed by atoms with E-state index < -0.39 is 71.2 Å². The maximum atomic E-state index is 12.8. The standard InChI is InChI=1S/C8H12F4N2O10S2/c9-7(10,25-24-23-17)3-21-5(15)13-1-2-14-6(16)22-4-8(11,12)26(18,19)20/h17H,1-4H2,(H,13,15)(H,14,16)(H,18,19,20)/p-2. The van der Waals surface area contributed by atoms with Crippen molar-refractivity contribution in [1.82, 2.24) is 10.6 Å². The normalized spacial score (nSPS) is 12.4. The number of ether oxygens (including phenoxy) is 2. The second-order valence-electron chi connectivity index (χ2n) is 3.95. The molecule has 0 aromatic rings. The molecule has 2 N–H and O–H groups in total. The molecule has 0 aromatic carbocycles. The molecule has 12 nitrogen and oxygen atoms in total. The van der Waals surface area contributed by atoms with E-state index in [1.165, 1.54) is 0 Å². The summed E-state index contributed by atoms with van der Waals surface area (Å²) < 4.78 is 92.6. The van der Waals surface area contributed by atoms with Crippen LogP contribution >= 0.6 is 12.0 Å². The third-order valence-corrected chi connectivity index (χ3v) is 3.29. The van der Waals surface area contributed by atoms with Gasteiger partial charge in [0.1, 0.15) is 12.0 Å². The minimum absolute atomic E-state index is 0.428. The van der Waals surface area contributed by atoms with Gasteiger partial charge in [-0.05, 0) is 0 Å². The second-order valence-corrected chi connectivity index (χ2v) is 6.36. The highest BCUT2D eigenvalue weighted by Crippen LogP contribution is 2.29. The van der Waals surface area contributed by atoms with Gasteiger partial charge in [-0.15, -0.1) is 0 Å². The van der Waals surface area contributed by atoms with E-state index in [9.17, 15) is 45.4 Å². The highest BCUT2D eigenvalue weighted by molar-refractivity contribution is 7.95. The molecule has 0 rings (SSSR count). The molecule has 0 fully saturated rings. The summed E-state index contributed by atoms with van der Waals surface area (Å²) in [6.07, 6.45) is -2.91. The number of rotatable bonds is 11. The van der Waals surface area contributed by atoms with Gasteiger partial charge in [0.2, 0.25) is 0 Å². The Balaban J connectivity index is 3.95. The Labute approximate surface area is 146 Å². The smallest absolute Gasteiger partial charge is 0.407 e. The van der Waals surface area contributed by atoms with Crippen molar-refractivity contribution < 1.29 is 64.2 Å². The van der Waals surface area contributed by atoms with Gasteiger partial charge in [-0.1, -0.05) is 0 Å². The average molecular weight is 434 g/mol. The van der Waals surface area contributed by atoms with Crippen molar-refractivity contribution in [2.45, 2.75) is 10.5 Å². The highest BCUT2D eigenvalue weighted by atomic mass is 32.2. The molecule has 154 valence electrons. The predicted octanol–water partition coefficient (Wildman–Crippen LogP) is -0.959. The second kappa shape index (κ2) is 10.5.